The number of benzene rings is 2. The molecule has 0 spiro atoms. The highest BCUT2D eigenvalue weighted by molar-refractivity contribution is 5.98. The number of carbonyl (C=O) groups is 1. The van der Waals surface area contributed by atoms with Gasteiger partial charge in [-0.15, -0.1) is 0 Å². The molecule has 0 saturated heterocycles. The fourth-order valence-electron chi connectivity index (χ4n) is 2.70. The van der Waals surface area contributed by atoms with Gasteiger partial charge in [0.2, 0.25) is 0 Å². The predicted octanol–water partition coefficient (Wildman–Crippen LogP) is 3.32. The lowest BCUT2D eigenvalue weighted by atomic mass is 10.1. The molecule has 1 heterocycles. The molecular weight excluding hydrogens is 300 g/mol. The number of aliphatic hydroxyl groups excluding tert-OH is 1. The van der Waals surface area contributed by atoms with Crippen LogP contribution in [-0.2, 0) is 0 Å². The summed E-state index contributed by atoms with van der Waals surface area (Å²) in [5.74, 6) is -0.224. The first kappa shape index (κ1) is 16.1. The van der Waals surface area contributed by atoms with Crippen molar-refractivity contribution in [3.8, 4) is 0 Å². The Labute approximate surface area is 141 Å². The number of fused-ring (bicyclic) bond motifs is 1. The third-order valence-electron chi connectivity index (χ3n) is 4.05. The van der Waals surface area contributed by atoms with Crippen molar-refractivity contribution in [2.24, 2.45) is 0 Å². The van der Waals surface area contributed by atoms with Crippen LogP contribution in [0.3, 0.4) is 0 Å². The molecule has 3 aromatic rings. The van der Waals surface area contributed by atoms with Crippen LogP contribution in [0.5, 0.6) is 0 Å². The van der Waals surface area contributed by atoms with Gasteiger partial charge in [-0.2, -0.15) is 0 Å². The van der Waals surface area contributed by atoms with Crippen LogP contribution in [0.15, 0.2) is 54.6 Å². The maximum absolute atomic E-state index is 12.5. The molecule has 0 radical (unpaired) electrons. The maximum atomic E-state index is 12.5. The summed E-state index contributed by atoms with van der Waals surface area (Å²) >= 11 is 0. The first-order valence-corrected chi connectivity index (χ1v) is 7.94. The van der Waals surface area contributed by atoms with E-state index in [0.717, 1.165) is 22.0 Å². The van der Waals surface area contributed by atoms with Gasteiger partial charge in [0.15, 0.2) is 0 Å². The molecule has 0 saturated carbocycles. The minimum atomic E-state index is -0.730. The second kappa shape index (κ2) is 6.81. The van der Waals surface area contributed by atoms with E-state index in [1.807, 2.05) is 68.4 Å². The third-order valence-corrected chi connectivity index (χ3v) is 4.05. The predicted molar refractivity (Wildman–Crippen MR) is 95.0 cm³/mol. The molecule has 24 heavy (non-hydrogen) atoms. The number of hydrogen-bond acceptors (Lipinski definition) is 3. The normalized spacial score (nSPS) is 12.1. The van der Waals surface area contributed by atoms with Gasteiger partial charge in [-0.05, 0) is 37.6 Å². The van der Waals surface area contributed by atoms with E-state index >= 15 is 0 Å². The summed E-state index contributed by atoms with van der Waals surface area (Å²) in [6.07, 6.45) is -0.730. The molecule has 1 atom stereocenters. The molecule has 1 amide bonds. The average molecular weight is 320 g/mol. The monoisotopic (exact) mass is 320 g/mol. The van der Waals surface area contributed by atoms with E-state index in [4.69, 9.17) is 0 Å². The highest BCUT2D eigenvalue weighted by Gasteiger charge is 2.14. The Balaban J connectivity index is 1.77. The van der Waals surface area contributed by atoms with E-state index in [1.54, 1.807) is 0 Å². The van der Waals surface area contributed by atoms with Crippen LogP contribution in [0.2, 0.25) is 0 Å². The molecule has 3 rings (SSSR count). The lowest BCUT2D eigenvalue weighted by Crippen LogP contribution is -2.29. The summed E-state index contributed by atoms with van der Waals surface area (Å²) in [7, 11) is 0. The molecule has 4 heteroatoms. The van der Waals surface area contributed by atoms with Crippen LogP contribution in [0.4, 0.5) is 0 Å². The number of aromatic nitrogens is 1. The Morgan fingerprint density at radius 3 is 2.62 bits per heavy atom. The molecule has 0 aliphatic heterocycles. The highest BCUT2D eigenvalue weighted by atomic mass is 16.3. The average Bonchev–Trinajstić information content (AvgIpc) is 2.60. The van der Waals surface area contributed by atoms with Gasteiger partial charge in [-0.1, -0.05) is 42.0 Å². The lowest BCUT2D eigenvalue weighted by molar-refractivity contribution is 0.0915. The summed E-state index contributed by atoms with van der Waals surface area (Å²) in [5, 5.41) is 13.9. The molecule has 4 nitrogen and oxygen atoms in total. The van der Waals surface area contributed by atoms with Gasteiger partial charge in [-0.25, -0.2) is 0 Å². The quantitative estimate of drug-likeness (QED) is 0.775. The fourth-order valence-corrected chi connectivity index (χ4v) is 2.70. The number of amides is 1. The maximum Gasteiger partial charge on any atom is 0.253 e. The fraction of sp³-hybridized carbons (Fsp3) is 0.200. The Kier molecular flexibility index (Phi) is 4.58. The first-order valence-electron chi connectivity index (χ1n) is 7.94. The standard InChI is InChI=1S/C20H20N2O2/c1-13-8-9-18-16(10-13)11-17(14(2)22-18)20(24)21-12-19(23)15-6-4-3-5-7-15/h3-11,19,23H,12H2,1-2H3,(H,21,24)/t19-/m0/s1. The summed E-state index contributed by atoms with van der Waals surface area (Å²) in [4.78, 5) is 17.0. The summed E-state index contributed by atoms with van der Waals surface area (Å²) in [5.41, 5.74) is 3.99. The molecule has 122 valence electrons. The zero-order valence-corrected chi connectivity index (χ0v) is 13.8. The highest BCUT2D eigenvalue weighted by Crippen LogP contribution is 2.18. The third kappa shape index (κ3) is 3.44. The zero-order chi connectivity index (χ0) is 17.1. The van der Waals surface area contributed by atoms with Gasteiger partial charge in [0.05, 0.1) is 22.9 Å². The number of carbonyl (C=O) groups excluding carboxylic acids is 1. The number of pyridine rings is 1. The van der Waals surface area contributed by atoms with Crippen LogP contribution in [0.1, 0.15) is 33.3 Å². The summed E-state index contributed by atoms with van der Waals surface area (Å²) in [6, 6.07) is 17.1. The number of aliphatic hydroxyl groups is 1. The van der Waals surface area contributed by atoms with E-state index in [9.17, 15) is 9.90 Å². The zero-order valence-electron chi connectivity index (χ0n) is 13.8. The molecule has 0 unspecified atom stereocenters. The van der Waals surface area contributed by atoms with Crippen molar-refractivity contribution in [1.82, 2.24) is 10.3 Å². The number of hydrogen-bond donors (Lipinski definition) is 2. The van der Waals surface area contributed by atoms with Crippen molar-refractivity contribution >= 4 is 16.8 Å². The Bertz CT molecular complexity index is 875. The van der Waals surface area contributed by atoms with Crippen molar-refractivity contribution in [1.29, 1.82) is 0 Å². The second-order valence-corrected chi connectivity index (χ2v) is 5.95. The van der Waals surface area contributed by atoms with Crippen molar-refractivity contribution in [3.63, 3.8) is 0 Å². The minimum absolute atomic E-state index is 0.161. The smallest absolute Gasteiger partial charge is 0.253 e. The van der Waals surface area contributed by atoms with Crippen LogP contribution < -0.4 is 5.32 Å². The SMILES string of the molecule is Cc1ccc2nc(C)c(C(=O)NC[C@H](O)c3ccccc3)cc2c1. The van der Waals surface area contributed by atoms with Gasteiger partial charge in [0, 0.05) is 11.9 Å². The molecule has 0 aliphatic rings. The Hall–Kier alpha value is -2.72. The van der Waals surface area contributed by atoms with Crippen LogP contribution in [0, 0.1) is 13.8 Å². The summed E-state index contributed by atoms with van der Waals surface area (Å²) in [6.45, 7) is 3.99. The van der Waals surface area contributed by atoms with Gasteiger partial charge < -0.3 is 10.4 Å². The molecule has 1 aromatic heterocycles. The van der Waals surface area contributed by atoms with Crippen molar-refractivity contribution in [3.05, 3.63) is 77.0 Å². The summed E-state index contributed by atoms with van der Waals surface area (Å²) < 4.78 is 0. The second-order valence-electron chi connectivity index (χ2n) is 5.95. The van der Waals surface area contributed by atoms with Crippen molar-refractivity contribution in [2.45, 2.75) is 20.0 Å². The van der Waals surface area contributed by atoms with Gasteiger partial charge in [-0.3, -0.25) is 9.78 Å². The topological polar surface area (TPSA) is 62.2 Å². The molecule has 0 fully saturated rings. The van der Waals surface area contributed by atoms with Crippen LogP contribution in [-0.4, -0.2) is 22.5 Å². The molecule has 2 N–H and O–H groups in total. The van der Waals surface area contributed by atoms with E-state index in [0.29, 0.717) is 11.3 Å². The van der Waals surface area contributed by atoms with E-state index in [-0.39, 0.29) is 12.5 Å². The number of aryl methyl sites for hydroxylation is 2. The number of nitrogens with one attached hydrogen (secondary N) is 1. The first-order chi connectivity index (χ1) is 11.5. The Morgan fingerprint density at radius 1 is 1.12 bits per heavy atom. The van der Waals surface area contributed by atoms with Crippen molar-refractivity contribution < 1.29 is 9.90 Å². The Morgan fingerprint density at radius 2 is 1.88 bits per heavy atom. The number of rotatable bonds is 4. The largest absolute Gasteiger partial charge is 0.387 e. The number of nitrogens with zero attached hydrogens (tertiary/aromatic N) is 1. The molecule has 0 aliphatic carbocycles. The van der Waals surface area contributed by atoms with E-state index in [2.05, 4.69) is 10.3 Å². The molecule has 0 bridgehead atoms. The van der Waals surface area contributed by atoms with Crippen LogP contribution >= 0.6 is 0 Å². The van der Waals surface area contributed by atoms with Gasteiger partial charge in [0.1, 0.15) is 0 Å². The minimum Gasteiger partial charge on any atom is -0.387 e. The van der Waals surface area contributed by atoms with E-state index in [1.165, 1.54) is 0 Å². The molecule has 2 aromatic carbocycles. The lowest BCUT2D eigenvalue weighted by Gasteiger charge is -2.13. The van der Waals surface area contributed by atoms with Gasteiger partial charge >= 0.3 is 0 Å². The molecular formula is C20H20N2O2. The van der Waals surface area contributed by atoms with Crippen LogP contribution in [0.25, 0.3) is 10.9 Å². The van der Waals surface area contributed by atoms with Gasteiger partial charge in [0.25, 0.3) is 5.91 Å². The van der Waals surface area contributed by atoms with E-state index < -0.39 is 6.10 Å². The van der Waals surface area contributed by atoms with Crippen molar-refractivity contribution in [2.75, 3.05) is 6.54 Å².